The molecule has 0 aliphatic carbocycles. The second kappa shape index (κ2) is 5.36. The fraction of sp³-hybridized carbons (Fsp3) is 0.400. The van der Waals surface area contributed by atoms with Gasteiger partial charge in [0.25, 0.3) is 0 Å². The van der Waals surface area contributed by atoms with Gasteiger partial charge >= 0.3 is 0 Å². The molecule has 1 atom stereocenters. The van der Waals surface area contributed by atoms with Crippen molar-refractivity contribution in [2.45, 2.75) is 33.7 Å². The van der Waals surface area contributed by atoms with Crippen LogP contribution in [-0.2, 0) is 0 Å². The van der Waals surface area contributed by atoms with Crippen molar-refractivity contribution in [1.82, 2.24) is 15.1 Å². The van der Waals surface area contributed by atoms with Crippen LogP contribution in [-0.4, -0.2) is 16.3 Å². The van der Waals surface area contributed by atoms with Crippen LogP contribution in [0.4, 0.5) is 0 Å². The van der Waals surface area contributed by atoms with Gasteiger partial charge in [0.05, 0.1) is 11.9 Å². The molecule has 0 fully saturated rings. The third kappa shape index (κ3) is 2.46. The van der Waals surface area contributed by atoms with Crippen LogP contribution < -0.4 is 5.32 Å². The van der Waals surface area contributed by atoms with Crippen molar-refractivity contribution in [3.63, 3.8) is 0 Å². The zero-order chi connectivity index (χ0) is 13.1. The molecule has 0 saturated heterocycles. The van der Waals surface area contributed by atoms with E-state index in [1.54, 1.807) is 0 Å². The van der Waals surface area contributed by atoms with Crippen molar-refractivity contribution in [3.05, 3.63) is 47.3 Å². The molecule has 3 nitrogen and oxygen atoms in total. The average Bonchev–Trinajstić information content (AvgIpc) is 2.71. The van der Waals surface area contributed by atoms with Crippen LogP contribution >= 0.6 is 0 Å². The third-order valence-electron chi connectivity index (χ3n) is 3.27. The summed E-state index contributed by atoms with van der Waals surface area (Å²) in [5, 5.41) is 7.93. The van der Waals surface area contributed by atoms with E-state index in [-0.39, 0.29) is 0 Å². The van der Waals surface area contributed by atoms with Crippen molar-refractivity contribution >= 4 is 0 Å². The van der Waals surface area contributed by atoms with Crippen LogP contribution in [0.3, 0.4) is 0 Å². The van der Waals surface area contributed by atoms with Crippen LogP contribution in [0.2, 0.25) is 0 Å². The predicted molar refractivity (Wildman–Crippen MR) is 75.1 cm³/mol. The Morgan fingerprint density at radius 1 is 1.33 bits per heavy atom. The van der Waals surface area contributed by atoms with Gasteiger partial charge in [0.1, 0.15) is 0 Å². The monoisotopic (exact) mass is 243 g/mol. The highest BCUT2D eigenvalue weighted by atomic mass is 15.3. The van der Waals surface area contributed by atoms with Gasteiger partial charge < -0.3 is 5.32 Å². The summed E-state index contributed by atoms with van der Waals surface area (Å²) >= 11 is 0. The summed E-state index contributed by atoms with van der Waals surface area (Å²) in [4.78, 5) is 0. The summed E-state index contributed by atoms with van der Waals surface area (Å²) in [6.07, 6.45) is 1.96. The average molecular weight is 243 g/mol. The number of nitrogens with one attached hydrogen (secondary N) is 1. The number of benzene rings is 1. The minimum Gasteiger partial charge on any atom is -0.310 e. The summed E-state index contributed by atoms with van der Waals surface area (Å²) in [7, 11) is 0. The maximum atomic E-state index is 4.51. The summed E-state index contributed by atoms with van der Waals surface area (Å²) in [6, 6.07) is 8.76. The highest BCUT2D eigenvalue weighted by Crippen LogP contribution is 2.20. The molecule has 2 aromatic rings. The second-order valence-corrected chi connectivity index (χ2v) is 4.72. The molecule has 18 heavy (non-hydrogen) atoms. The first-order chi connectivity index (χ1) is 8.63. The first-order valence-corrected chi connectivity index (χ1v) is 6.48. The van der Waals surface area contributed by atoms with Gasteiger partial charge in [0.2, 0.25) is 0 Å². The molecule has 1 heterocycles. The van der Waals surface area contributed by atoms with E-state index in [2.05, 4.69) is 62.4 Å². The van der Waals surface area contributed by atoms with Gasteiger partial charge in [-0.3, -0.25) is 0 Å². The van der Waals surface area contributed by atoms with Crippen molar-refractivity contribution in [1.29, 1.82) is 0 Å². The summed E-state index contributed by atoms with van der Waals surface area (Å²) in [6.45, 7) is 9.49. The van der Waals surface area contributed by atoms with Gasteiger partial charge in [-0.2, -0.15) is 5.10 Å². The standard InChI is InChI=1S/C15H21N3/c1-5-16-12(3)15-10-17-18(13(15)4)14-8-6-7-11(2)9-14/h6-10,12,16H,5H2,1-4H3. The minimum atomic E-state index is 0.341. The molecule has 1 aromatic carbocycles. The molecule has 0 bridgehead atoms. The normalized spacial score (nSPS) is 12.7. The summed E-state index contributed by atoms with van der Waals surface area (Å²) < 4.78 is 2.01. The van der Waals surface area contributed by atoms with E-state index in [4.69, 9.17) is 0 Å². The molecule has 3 heteroatoms. The smallest absolute Gasteiger partial charge is 0.0651 e. The Labute approximate surface area is 109 Å². The molecule has 0 aliphatic heterocycles. The molecule has 0 saturated carbocycles. The van der Waals surface area contributed by atoms with Crippen molar-refractivity contribution < 1.29 is 0 Å². The Morgan fingerprint density at radius 2 is 2.11 bits per heavy atom. The molecular formula is C15H21N3. The fourth-order valence-corrected chi connectivity index (χ4v) is 2.28. The van der Waals surface area contributed by atoms with Crippen LogP contribution in [0.1, 0.15) is 36.7 Å². The van der Waals surface area contributed by atoms with Gasteiger partial charge in [-0.05, 0) is 45.0 Å². The van der Waals surface area contributed by atoms with E-state index in [0.29, 0.717) is 6.04 Å². The van der Waals surface area contributed by atoms with E-state index in [9.17, 15) is 0 Å². The first-order valence-electron chi connectivity index (χ1n) is 6.48. The molecule has 1 unspecified atom stereocenters. The van der Waals surface area contributed by atoms with Gasteiger partial charge in [-0.15, -0.1) is 0 Å². The SMILES string of the molecule is CCNC(C)c1cnn(-c2cccc(C)c2)c1C. The lowest BCUT2D eigenvalue weighted by Gasteiger charge is -2.12. The topological polar surface area (TPSA) is 29.9 Å². The number of hydrogen-bond acceptors (Lipinski definition) is 2. The van der Waals surface area contributed by atoms with Crippen molar-refractivity contribution in [2.75, 3.05) is 6.54 Å². The van der Waals surface area contributed by atoms with Gasteiger partial charge in [-0.1, -0.05) is 19.1 Å². The quantitative estimate of drug-likeness (QED) is 0.894. The van der Waals surface area contributed by atoms with Crippen molar-refractivity contribution in [3.8, 4) is 5.69 Å². The molecule has 0 radical (unpaired) electrons. The zero-order valence-electron chi connectivity index (χ0n) is 11.6. The Kier molecular flexibility index (Phi) is 3.82. The minimum absolute atomic E-state index is 0.341. The Morgan fingerprint density at radius 3 is 2.78 bits per heavy atom. The maximum absolute atomic E-state index is 4.51. The Balaban J connectivity index is 2.36. The summed E-state index contributed by atoms with van der Waals surface area (Å²) in [5.41, 5.74) is 4.85. The molecule has 2 rings (SSSR count). The van der Waals surface area contributed by atoms with E-state index in [0.717, 1.165) is 12.2 Å². The number of hydrogen-bond donors (Lipinski definition) is 1. The van der Waals surface area contributed by atoms with Gasteiger partial charge in [-0.25, -0.2) is 4.68 Å². The molecule has 0 amide bonds. The van der Waals surface area contributed by atoms with E-state index in [1.165, 1.54) is 16.8 Å². The van der Waals surface area contributed by atoms with Crippen LogP contribution in [0.15, 0.2) is 30.5 Å². The molecular weight excluding hydrogens is 222 g/mol. The predicted octanol–water partition coefficient (Wildman–Crippen LogP) is 3.16. The largest absolute Gasteiger partial charge is 0.310 e. The Hall–Kier alpha value is -1.61. The molecule has 1 N–H and O–H groups in total. The lowest BCUT2D eigenvalue weighted by molar-refractivity contribution is 0.594. The summed E-state index contributed by atoms with van der Waals surface area (Å²) in [5.74, 6) is 0. The number of aromatic nitrogens is 2. The lowest BCUT2D eigenvalue weighted by Crippen LogP contribution is -2.18. The second-order valence-electron chi connectivity index (χ2n) is 4.72. The van der Waals surface area contributed by atoms with Crippen LogP contribution in [0, 0.1) is 13.8 Å². The maximum Gasteiger partial charge on any atom is 0.0651 e. The van der Waals surface area contributed by atoms with E-state index in [1.807, 2.05) is 10.9 Å². The van der Waals surface area contributed by atoms with E-state index >= 15 is 0 Å². The highest BCUT2D eigenvalue weighted by Gasteiger charge is 2.13. The lowest BCUT2D eigenvalue weighted by atomic mass is 10.1. The third-order valence-corrected chi connectivity index (χ3v) is 3.27. The molecule has 1 aromatic heterocycles. The zero-order valence-corrected chi connectivity index (χ0v) is 11.6. The molecule has 0 aliphatic rings. The van der Waals surface area contributed by atoms with Crippen molar-refractivity contribution in [2.24, 2.45) is 0 Å². The van der Waals surface area contributed by atoms with Crippen LogP contribution in [0.25, 0.3) is 5.69 Å². The fourth-order valence-electron chi connectivity index (χ4n) is 2.28. The van der Waals surface area contributed by atoms with Crippen LogP contribution in [0.5, 0.6) is 0 Å². The molecule has 0 spiro atoms. The van der Waals surface area contributed by atoms with Gasteiger partial charge in [0.15, 0.2) is 0 Å². The van der Waals surface area contributed by atoms with E-state index < -0.39 is 0 Å². The number of nitrogens with zero attached hydrogens (tertiary/aromatic N) is 2. The number of aryl methyl sites for hydroxylation is 1. The highest BCUT2D eigenvalue weighted by molar-refractivity contribution is 5.38. The molecule has 96 valence electrons. The Bertz CT molecular complexity index is 528. The van der Waals surface area contributed by atoms with Gasteiger partial charge in [0, 0.05) is 17.3 Å². The number of rotatable bonds is 4. The first kappa shape index (κ1) is 12.8.